The third-order valence-corrected chi connectivity index (χ3v) is 5.41. The number of ether oxygens (including phenoxy) is 1. The summed E-state index contributed by atoms with van der Waals surface area (Å²) in [5.41, 5.74) is 1.28. The number of thioether (sulfide) groups is 1. The summed E-state index contributed by atoms with van der Waals surface area (Å²) in [6.45, 7) is 4.25. The highest BCUT2D eigenvalue weighted by Crippen LogP contribution is 2.19. The topological polar surface area (TPSA) is 60.3 Å². The van der Waals surface area contributed by atoms with E-state index in [1.807, 2.05) is 28.6 Å². The summed E-state index contributed by atoms with van der Waals surface area (Å²) in [6.07, 6.45) is 3.24. The van der Waals surface area contributed by atoms with Gasteiger partial charge in [0.25, 0.3) is 0 Å². The van der Waals surface area contributed by atoms with Gasteiger partial charge in [-0.15, -0.1) is 10.2 Å². The van der Waals surface area contributed by atoms with Gasteiger partial charge in [-0.05, 0) is 37.0 Å². The third kappa shape index (κ3) is 4.54. The quantitative estimate of drug-likeness (QED) is 0.711. The molecule has 0 bridgehead atoms. The molecule has 1 aliphatic heterocycles. The van der Waals surface area contributed by atoms with E-state index in [4.69, 9.17) is 4.74 Å². The summed E-state index contributed by atoms with van der Waals surface area (Å²) in [5.74, 6) is 2.15. The maximum Gasteiger partial charge on any atom is 0.233 e. The van der Waals surface area contributed by atoms with Gasteiger partial charge in [0.2, 0.25) is 5.91 Å². The molecule has 25 heavy (non-hydrogen) atoms. The standard InChI is InChI=1S/C18H24N4O2S/c1-3-14-6-8-15(9-7-14)24-12-16-19-20-18(21(16)2)25-13-17(23)22-10-4-5-11-22/h6-9H,3-5,10-13H2,1-2H3. The van der Waals surface area contributed by atoms with Crippen LogP contribution in [0.1, 0.15) is 31.2 Å². The number of hydrogen-bond acceptors (Lipinski definition) is 5. The number of amides is 1. The Kier molecular flexibility index (Phi) is 5.96. The van der Waals surface area contributed by atoms with E-state index in [2.05, 4.69) is 29.3 Å². The van der Waals surface area contributed by atoms with Crippen molar-refractivity contribution in [1.82, 2.24) is 19.7 Å². The SMILES string of the molecule is CCc1ccc(OCc2nnc(SCC(=O)N3CCCC3)n2C)cc1. The Morgan fingerprint density at radius 1 is 1.20 bits per heavy atom. The molecule has 0 atom stereocenters. The fourth-order valence-electron chi connectivity index (χ4n) is 2.75. The van der Waals surface area contributed by atoms with E-state index >= 15 is 0 Å². The minimum atomic E-state index is 0.180. The van der Waals surface area contributed by atoms with Crippen LogP contribution in [0, 0.1) is 0 Å². The Morgan fingerprint density at radius 3 is 2.60 bits per heavy atom. The molecule has 0 aliphatic carbocycles. The fraction of sp³-hybridized carbons (Fsp3) is 0.500. The van der Waals surface area contributed by atoms with Crippen molar-refractivity contribution in [2.24, 2.45) is 7.05 Å². The van der Waals surface area contributed by atoms with Crippen molar-refractivity contribution in [2.75, 3.05) is 18.8 Å². The molecule has 0 spiro atoms. The molecule has 7 heteroatoms. The first-order valence-electron chi connectivity index (χ1n) is 8.68. The van der Waals surface area contributed by atoms with Gasteiger partial charge in [-0.2, -0.15) is 0 Å². The Balaban J connectivity index is 1.52. The second-order valence-corrected chi connectivity index (χ2v) is 7.06. The first kappa shape index (κ1) is 17.8. The van der Waals surface area contributed by atoms with Crippen molar-refractivity contribution in [3.63, 3.8) is 0 Å². The van der Waals surface area contributed by atoms with Gasteiger partial charge in [0.05, 0.1) is 5.75 Å². The lowest BCUT2D eigenvalue weighted by molar-refractivity contribution is -0.127. The van der Waals surface area contributed by atoms with Gasteiger partial charge < -0.3 is 14.2 Å². The van der Waals surface area contributed by atoms with Crippen LogP contribution in [0.3, 0.4) is 0 Å². The van der Waals surface area contributed by atoms with E-state index in [9.17, 15) is 4.79 Å². The molecule has 0 unspecified atom stereocenters. The van der Waals surface area contributed by atoms with Gasteiger partial charge in [0.1, 0.15) is 12.4 Å². The Bertz CT molecular complexity index is 708. The van der Waals surface area contributed by atoms with Gasteiger partial charge in [-0.25, -0.2) is 0 Å². The van der Waals surface area contributed by atoms with Crippen LogP contribution in [-0.4, -0.2) is 44.4 Å². The second-order valence-electron chi connectivity index (χ2n) is 6.12. The molecule has 1 fully saturated rings. The first-order chi connectivity index (χ1) is 12.2. The molecule has 1 saturated heterocycles. The van der Waals surface area contributed by atoms with E-state index in [1.165, 1.54) is 17.3 Å². The molecule has 0 N–H and O–H groups in total. The lowest BCUT2D eigenvalue weighted by atomic mass is 10.2. The van der Waals surface area contributed by atoms with Crippen molar-refractivity contribution in [1.29, 1.82) is 0 Å². The van der Waals surface area contributed by atoms with Crippen molar-refractivity contribution in [2.45, 2.75) is 37.9 Å². The van der Waals surface area contributed by atoms with Crippen LogP contribution in [0.4, 0.5) is 0 Å². The van der Waals surface area contributed by atoms with Crippen molar-refractivity contribution in [3.8, 4) is 5.75 Å². The van der Waals surface area contributed by atoms with Crippen LogP contribution >= 0.6 is 11.8 Å². The number of likely N-dealkylation sites (tertiary alicyclic amines) is 1. The first-order valence-corrected chi connectivity index (χ1v) is 9.66. The highest BCUT2D eigenvalue weighted by Gasteiger charge is 2.19. The second kappa shape index (κ2) is 8.38. The lowest BCUT2D eigenvalue weighted by Gasteiger charge is -2.14. The van der Waals surface area contributed by atoms with Crippen LogP contribution in [0.15, 0.2) is 29.4 Å². The summed E-state index contributed by atoms with van der Waals surface area (Å²) >= 11 is 1.43. The van der Waals surface area contributed by atoms with Crippen LogP contribution in [0.2, 0.25) is 0 Å². The molecule has 0 radical (unpaired) electrons. The molecule has 3 rings (SSSR count). The highest BCUT2D eigenvalue weighted by molar-refractivity contribution is 7.99. The number of benzene rings is 1. The molecule has 2 heterocycles. The van der Waals surface area contributed by atoms with E-state index in [1.54, 1.807) is 0 Å². The molecular formula is C18H24N4O2S. The molecule has 1 aromatic heterocycles. The smallest absolute Gasteiger partial charge is 0.233 e. The summed E-state index contributed by atoms with van der Waals surface area (Å²) in [5, 5.41) is 9.10. The van der Waals surface area contributed by atoms with Gasteiger partial charge in [0, 0.05) is 20.1 Å². The Labute approximate surface area is 152 Å². The fourth-order valence-corrected chi connectivity index (χ4v) is 3.58. The lowest BCUT2D eigenvalue weighted by Crippen LogP contribution is -2.29. The van der Waals surface area contributed by atoms with Crippen molar-refractivity contribution in [3.05, 3.63) is 35.7 Å². The number of rotatable bonds is 7. The Morgan fingerprint density at radius 2 is 1.92 bits per heavy atom. The average molecular weight is 360 g/mol. The largest absolute Gasteiger partial charge is 0.486 e. The van der Waals surface area contributed by atoms with Crippen LogP contribution < -0.4 is 4.74 Å². The normalized spacial score (nSPS) is 14.1. The molecular weight excluding hydrogens is 336 g/mol. The predicted molar refractivity (Wildman–Crippen MR) is 97.7 cm³/mol. The number of aryl methyl sites for hydroxylation is 1. The van der Waals surface area contributed by atoms with Crippen LogP contribution in [0.5, 0.6) is 5.75 Å². The van der Waals surface area contributed by atoms with Gasteiger partial charge in [-0.3, -0.25) is 4.79 Å². The third-order valence-electron chi connectivity index (χ3n) is 4.41. The zero-order chi connectivity index (χ0) is 17.6. The van der Waals surface area contributed by atoms with Gasteiger partial charge in [-0.1, -0.05) is 30.8 Å². The summed E-state index contributed by atoms with van der Waals surface area (Å²) in [6, 6.07) is 8.08. The molecule has 134 valence electrons. The minimum absolute atomic E-state index is 0.180. The summed E-state index contributed by atoms with van der Waals surface area (Å²) in [4.78, 5) is 14.0. The maximum atomic E-state index is 12.1. The van der Waals surface area contributed by atoms with E-state index < -0.39 is 0 Å². The number of nitrogens with zero attached hydrogens (tertiary/aromatic N) is 4. The molecule has 1 amide bonds. The molecule has 2 aromatic rings. The maximum absolute atomic E-state index is 12.1. The predicted octanol–water partition coefficient (Wildman–Crippen LogP) is 2.67. The molecule has 0 saturated carbocycles. The van der Waals surface area contributed by atoms with E-state index in [0.29, 0.717) is 12.4 Å². The molecule has 1 aromatic carbocycles. The monoisotopic (exact) mass is 360 g/mol. The number of hydrogen-bond donors (Lipinski definition) is 0. The van der Waals surface area contributed by atoms with Gasteiger partial charge >= 0.3 is 0 Å². The highest BCUT2D eigenvalue weighted by atomic mass is 32.2. The minimum Gasteiger partial charge on any atom is -0.486 e. The average Bonchev–Trinajstić information content (AvgIpc) is 3.29. The number of carbonyl (C=O) groups is 1. The van der Waals surface area contributed by atoms with E-state index in [-0.39, 0.29) is 5.91 Å². The molecule has 6 nitrogen and oxygen atoms in total. The number of aromatic nitrogens is 3. The number of carbonyl (C=O) groups excluding carboxylic acids is 1. The Hall–Kier alpha value is -2.02. The zero-order valence-corrected chi connectivity index (χ0v) is 15.6. The van der Waals surface area contributed by atoms with Crippen LogP contribution in [-0.2, 0) is 24.9 Å². The summed E-state index contributed by atoms with van der Waals surface area (Å²) in [7, 11) is 1.90. The van der Waals surface area contributed by atoms with Gasteiger partial charge in [0.15, 0.2) is 11.0 Å². The van der Waals surface area contributed by atoms with E-state index in [0.717, 1.165) is 49.1 Å². The van der Waals surface area contributed by atoms with Crippen molar-refractivity contribution >= 4 is 17.7 Å². The van der Waals surface area contributed by atoms with Crippen molar-refractivity contribution < 1.29 is 9.53 Å². The molecule has 1 aliphatic rings. The summed E-state index contributed by atoms with van der Waals surface area (Å²) < 4.78 is 7.68. The zero-order valence-electron chi connectivity index (χ0n) is 14.8. The van der Waals surface area contributed by atoms with Crippen LogP contribution in [0.25, 0.3) is 0 Å².